The van der Waals surface area contributed by atoms with Crippen LogP contribution in [0.15, 0.2) is 0 Å². The zero-order valence-electron chi connectivity index (χ0n) is 13.0. The average molecular weight is 294 g/mol. The molecular weight excluding hydrogens is 264 g/mol. The van der Waals surface area contributed by atoms with Crippen LogP contribution >= 0.6 is 0 Å². The summed E-state index contributed by atoms with van der Waals surface area (Å²) in [5.41, 5.74) is -0.629. The van der Waals surface area contributed by atoms with Crippen LogP contribution in [0.3, 0.4) is 0 Å². The smallest absolute Gasteiger partial charge is 0.281 e. The highest BCUT2D eigenvalue weighted by molar-refractivity contribution is 5.06. The molecule has 4 aliphatic carbocycles. The molecule has 4 aliphatic rings. The third-order valence-electron chi connectivity index (χ3n) is 7.89. The Morgan fingerprint density at radius 1 is 0.667 bits per heavy atom. The van der Waals surface area contributed by atoms with E-state index >= 15 is 0 Å². The lowest BCUT2D eigenvalue weighted by molar-refractivity contribution is -0.392. The Labute approximate surface area is 127 Å². The van der Waals surface area contributed by atoms with Crippen molar-refractivity contribution >= 4 is 0 Å². The minimum atomic E-state index is -2.47. The van der Waals surface area contributed by atoms with E-state index in [1.807, 2.05) is 0 Å². The van der Waals surface area contributed by atoms with Gasteiger partial charge in [-0.25, -0.2) is 0 Å². The molecule has 3 nitrogen and oxygen atoms in total. The van der Waals surface area contributed by atoms with Crippen LogP contribution in [0.5, 0.6) is 0 Å². The van der Waals surface area contributed by atoms with Gasteiger partial charge in [0.1, 0.15) is 0 Å². The Morgan fingerprint density at radius 2 is 1.48 bits per heavy atom. The minimum Gasteiger partial charge on any atom is -0.343 e. The van der Waals surface area contributed by atoms with Crippen LogP contribution in [-0.4, -0.2) is 21.3 Å². The molecule has 0 aromatic heterocycles. The van der Waals surface area contributed by atoms with Crippen molar-refractivity contribution in [2.24, 2.45) is 35.0 Å². The number of rotatable bonds is 1. The number of hydrogen-bond donors (Lipinski definition) is 3. The van der Waals surface area contributed by atoms with Crippen molar-refractivity contribution in [1.82, 2.24) is 0 Å². The molecule has 0 aromatic carbocycles. The van der Waals surface area contributed by atoms with Gasteiger partial charge in [0.15, 0.2) is 0 Å². The molecule has 0 spiro atoms. The molecule has 4 saturated carbocycles. The van der Waals surface area contributed by atoms with Gasteiger partial charge in [-0.3, -0.25) is 0 Å². The van der Waals surface area contributed by atoms with Crippen LogP contribution in [0.1, 0.15) is 70.6 Å². The summed E-state index contributed by atoms with van der Waals surface area (Å²) in [6.07, 6.45) is 13.1. The van der Waals surface area contributed by atoms with Crippen molar-refractivity contribution in [2.45, 2.75) is 76.6 Å². The maximum Gasteiger partial charge on any atom is 0.281 e. The van der Waals surface area contributed by atoms with Crippen molar-refractivity contribution in [3.8, 4) is 0 Å². The van der Waals surface area contributed by atoms with Crippen LogP contribution in [0.25, 0.3) is 0 Å². The van der Waals surface area contributed by atoms with Gasteiger partial charge >= 0.3 is 0 Å². The monoisotopic (exact) mass is 294 g/mol. The molecular formula is C18H30O3. The van der Waals surface area contributed by atoms with Gasteiger partial charge in [0, 0.05) is 0 Å². The van der Waals surface area contributed by atoms with Gasteiger partial charge in [0.05, 0.1) is 5.41 Å². The largest absolute Gasteiger partial charge is 0.343 e. The molecule has 0 amide bonds. The van der Waals surface area contributed by atoms with Gasteiger partial charge in [0.25, 0.3) is 5.97 Å². The fraction of sp³-hybridized carbons (Fsp3) is 1.00. The Hall–Kier alpha value is -0.120. The van der Waals surface area contributed by atoms with E-state index in [2.05, 4.69) is 0 Å². The molecule has 4 fully saturated rings. The van der Waals surface area contributed by atoms with E-state index in [9.17, 15) is 15.3 Å². The zero-order valence-corrected chi connectivity index (χ0v) is 13.0. The van der Waals surface area contributed by atoms with Gasteiger partial charge in [-0.1, -0.05) is 25.7 Å². The van der Waals surface area contributed by atoms with E-state index in [4.69, 9.17) is 0 Å². The van der Waals surface area contributed by atoms with Crippen LogP contribution in [0.4, 0.5) is 0 Å². The summed E-state index contributed by atoms with van der Waals surface area (Å²) >= 11 is 0. The second kappa shape index (κ2) is 4.94. The lowest BCUT2D eigenvalue weighted by Gasteiger charge is -2.57. The fourth-order valence-corrected chi connectivity index (χ4v) is 7.07. The van der Waals surface area contributed by atoms with E-state index in [0.717, 1.165) is 49.9 Å². The van der Waals surface area contributed by atoms with Gasteiger partial charge < -0.3 is 15.3 Å². The normalized spacial score (nSPS) is 50.1. The molecule has 0 aromatic rings. The second-order valence-electron chi connectivity index (χ2n) is 8.44. The van der Waals surface area contributed by atoms with Crippen molar-refractivity contribution < 1.29 is 15.3 Å². The summed E-state index contributed by atoms with van der Waals surface area (Å²) in [6, 6.07) is 0. The van der Waals surface area contributed by atoms with E-state index in [0.29, 0.717) is 11.8 Å². The van der Waals surface area contributed by atoms with Crippen LogP contribution in [0, 0.1) is 35.0 Å². The molecule has 4 rings (SSSR count). The maximum absolute atomic E-state index is 10.0. The number of aliphatic hydroxyl groups is 3. The summed E-state index contributed by atoms with van der Waals surface area (Å²) in [5, 5.41) is 30.1. The zero-order chi connectivity index (χ0) is 14.7. The molecule has 0 bridgehead atoms. The number of fused-ring (bicyclic) bond motifs is 5. The standard InChI is InChI=1S/C18H30O3/c19-18(20,21)17-10-3-6-16(17)15-8-7-12-4-1-2-5-13(12)14(15)9-11-17/h12-16,19-21H,1-11H2/t12?,13-,14+,15+,16-,17+/m0/s1. The molecule has 120 valence electrons. The van der Waals surface area contributed by atoms with Gasteiger partial charge in [-0.05, 0) is 74.5 Å². The first kappa shape index (κ1) is 14.5. The van der Waals surface area contributed by atoms with Gasteiger partial charge in [-0.2, -0.15) is 0 Å². The SMILES string of the molecule is OC(O)(O)[C@@]12CCC[C@H]1[C@@H]1CCC3CCCC[C@@H]3[C@H]1CC2. The molecule has 21 heavy (non-hydrogen) atoms. The molecule has 1 unspecified atom stereocenters. The van der Waals surface area contributed by atoms with Crippen molar-refractivity contribution in [3.05, 3.63) is 0 Å². The fourth-order valence-electron chi connectivity index (χ4n) is 7.07. The summed E-state index contributed by atoms with van der Waals surface area (Å²) < 4.78 is 0. The highest BCUT2D eigenvalue weighted by atomic mass is 16.7. The van der Waals surface area contributed by atoms with Crippen LogP contribution in [0.2, 0.25) is 0 Å². The third-order valence-corrected chi connectivity index (χ3v) is 7.89. The summed E-state index contributed by atoms with van der Waals surface area (Å²) in [7, 11) is 0. The molecule has 0 heterocycles. The predicted molar refractivity (Wildman–Crippen MR) is 80.1 cm³/mol. The lowest BCUT2D eigenvalue weighted by atomic mass is 9.50. The first-order valence-electron chi connectivity index (χ1n) is 9.20. The number of hydrogen-bond acceptors (Lipinski definition) is 3. The highest BCUT2D eigenvalue weighted by Gasteiger charge is 2.62. The molecule has 3 N–H and O–H groups in total. The lowest BCUT2D eigenvalue weighted by Crippen LogP contribution is -2.57. The van der Waals surface area contributed by atoms with Crippen molar-refractivity contribution in [1.29, 1.82) is 0 Å². The Morgan fingerprint density at radius 3 is 2.29 bits per heavy atom. The Balaban J connectivity index is 1.62. The summed E-state index contributed by atoms with van der Waals surface area (Å²) in [6.45, 7) is 0. The minimum absolute atomic E-state index is 0.333. The predicted octanol–water partition coefficient (Wildman–Crippen LogP) is 3.03. The topological polar surface area (TPSA) is 60.7 Å². The molecule has 0 saturated heterocycles. The van der Waals surface area contributed by atoms with E-state index in [1.165, 1.54) is 38.5 Å². The van der Waals surface area contributed by atoms with Crippen LogP contribution < -0.4 is 0 Å². The average Bonchev–Trinajstić information content (AvgIpc) is 2.92. The summed E-state index contributed by atoms with van der Waals surface area (Å²) in [4.78, 5) is 0. The Kier molecular flexibility index (Phi) is 3.40. The van der Waals surface area contributed by atoms with Gasteiger partial charge in [0.2, 0.25) is 0 Å². The Bertz CT molecular complexity index is 402. The molecule has 6 atom stereocenters. The molecule has 3 heteroatoms. The molecule has 0 radical (unpaired) electrons. The maximum atomic E-state index is 10.0. The first-order chi connectivity index (χ1) is 10.0. The quantitative estimate of drug-likeness (QED) is 0.651. The van der Waals surface area contributed by atoms with Crippen molar-refractivity contribution in [3.63, 3.8) is 0 Å². The van der Waals surface area contributed by atoms with Gasteiger partial charge in [-0.15, -0.1) is 0 Å². The first-order valence-corrected chi connectivity index (χ1v) is 9.20. The summed E-state index contributed by atoms with van der Waals surface area (Å²) in [5.74, 6) is 1.12. The van der Waals surface area contributed by atoms with Crippen molar-refractivity contribution in [2.75, 3.05) is 0 Å². The van der Waals surface area contributed by atoms with E-state index in [1.54, 1.807) is 0 Å². The van der Waals surface area contributed by atoms with E-state index in [-0.39, 0.29) is 0 Å². The second-order valence-corrected chi connectivity index (χ2v) is 8.44. The highest BCUT2D eigenvalue weighted by Crippen LogP contribution is 2.64. The molecule has 0 aliphatic heterocycles. The van der Waals surface area contributed by atoms with Crippen LogP contribution in [-0.2, 0) is 0 Å². The third kappa shape index (κ3) is 2.04. The van der Waals surface area contributed by atoms with E-state index < -0.39 is 11.4 Å².